The van der Waals surface area contributed by atoms with Crippen LogP contribution >= 0.6 is 11.6 Å². The molecular formula is C16H14ClN3O2S. The summed E-state index contributed by atoms with van der Waals surface area (Å²) in [5.74, 6) is 0. The van der Waals surface area contributed by atoms with Gasteiger partial charge in [0.1, 0.15) is 0 Å². The zero-order valence-corrected chi connectivity index (χ0v) is 13.6. The van der Waals surface area contributed by atoms with Gasteiger partial charge in [0.15, 0.2) is 0 Å². The van der Waals surface area contributed by atoms with Crippen LogP contribution in [-0.2, 0) is 16.6 Å². The molecule has 0 fully saturated rings. The summed E-state index contributed by atoms with van der Waals surface area (Å²) in [5, 5.41) is 0.499. The van der Waals surface area contributed by atoms with Crippen molar-refractivity contribution in [3.63, 3.8) is 0 Å². The average Bonchev–Trinajstić information content (AvgIpc) is 3.08. The monoisotopic (exact) mass is 347 g/mol. The van der Waals surface area contributed by atoms with E-state index in [0.29, 0.717) is 5.02 Å². The Morgan fingerprint density at radius 3 is 2.35 bits per heavy atom. The molecule has 2 aromatic carbocycles. The summed E-state index contributed by atoms with van der Waals surface area (Å²) in [6, 6.07) is 13.6. The molecule has 118 valence electrons. The van der Waals surface area contributed by atoms with Crippen molar-refractivity contribution in [2.24, 2.45) is 0 Å². The van der Waals surface area contributed by atoms with Gasteiger partial charge in [-0.3, -0.25) is 0 Å². The normalized spacial score (nSPS) is 11.5. The third kappa shape index (κ3) is 3.79. The van der Waals surface area contributed by atoms with Crippen LogP contribution in [0.25, 0.3) is 5.69 Å². The third-order valence-electron chi connectivity index (χ3n) is 3.33. The topological polar surface area (TPSA) is 64.0 Å². The van der Waals surface area contributed by atoms with Crippen LogP contribution in [0.15, 0.2) is 72.1 Å². The predicted molar refractivity (Wildman–Crippen MR) is 89.0 cm³/mol. The molecule has 1 aromatic heterocycles. The van der Waals surface area contributed by atoms with Crippen LogP contribution in [0.5, 0.6) is 0 Å². The van der Waals surface area contributed by atoms with Crippen LogP contribution in [-0.4, -0.2) is 18.0 Å². The van der Waals surface area contributed by atoms with Crippen LogP contribution in [0.4, 0.5) is 0 Å². The molecule has 0 radical (unpaired) electrons. The maximum atomic E-state index is 12.2. The lowest BCUT2D eigenvalue weighted by atomic mass is 10.2. The van der Waals surface area contributed by atoms with E-state index in [2.05, 4.69) is 9.71 Å². The summed E-state index contributed by atoms with van der Waals surface area (Å²) in [6.45, 7) is 0.217. The van der Waals surface area contributed by atoms with Gasteiger partial charge in [0.25, 0.3) is 0 Å². The second-order valence-electron chi connectivity index (χ2n) is 4.91. The highest BCUT2D eigenvalue weighted by atomic mass is 35.5. The van der Waals surface area contributed by atoms with Crippen LogP contribution < -0.4 is 4.72 Å². The molecule has 0 aliphatic rings. The van der Waals surface area contributed by atoms with Gasteiger partial charge < -0.3 is 4.57 Å². The molecule has 0 spiro atoms. The number of rotatable bonds is 5. The van der Waals surface area contributed by atoms with Crippen LogP contribution in [0.1, 0.15) is 5.56 Å². The first-order valence-corrected chi connectivity index (χ1v) is 8.73. The lowest BCUT2D eigenvalue weighted by Gasteiger charge is -2.08. The molecule has 0 aliphatic heterocycles. The molecule has 23 heavy (non-hydrogen) atoms. The maximum absolute atomic E-state index is 12.2. The van der Waals surface area contributed by atoms with E-state index < -0.39 is 10.0 Å². The van der Waals surface area contributed by atoms with Crippen molar-refractivity contribution in [3.8, 4) is 5.69 Å². The molecule has 0 aliphatic carbocycles. The Bertz CT molecular complexity index is 874. The van der Waals surface area contributed by atoms with Gasteiger partial charge in [-0.15, -0.1) is 0 Å². The zero-order chi connectivity index (χ0) is 16.3. The number of nitrogens with zero attached hydrogens (tertiary/aromatic N) is 2. The van der Waals surface area contributed by atoms with Crippen LogP contribution in [0.2, 0.25) is 5.02 Å². The van der Waals surface area contributed by atoms with Crippen molar-refractivity contribution in [1.82, 2.24) is 14.3 Å². The fourth-order valence-electron chi connectivity index (χ4n) is 2.07. The van der Waals surface area contributed by atoms with Crippen molar-refractivity contribution in [1.29, 1.82) is 0 Å². The third-order valence-corrected chi connectivity index (χ3v) is 5.00. The van der Waals surface area contributed by atoms with E-state index in [1.54, 1.807) is 24.7 Å². The van der Waals surface area contributed by atoms with Crippen LogP contribution in [0.3, 0.4) is 0 Å². The lowest BCUT2D eigenvalue weighted by molar-refractivity contribution is 0.581. The average molecular weight is 348 g/mol. The van der Waals surface area contributed by atoms with E-state index in [-0.39, 0.29) is 11.4 Å². The zero-order valence-electron chi connectivity index (χ0n) is 12.1. The van der Waals surface area contributed by atoms with Gasteiger partial charge in [-0.2, -0.15) is 0 Å². The molecule has 7 heteroatoms. The van der Waals surface area contributed by atoms with Gasteiger partial charge in [0, 0.05) is 29.6 Å². The van der Waals surface area contributed by atoms with Crippen molar-refractivity contribution in [3.05, 3.63) is 77.8 Å². The number of halogens is 1. The number of hydrogen-bond donors (Lipinski definition) is 1. The fraction of sp³-hybridized carbons (Fsp3) is 0.0625. The fourth-order valence-corrected chi connectivity index (χ4v) is 3.22. The largest absolute Gasteiger partial charge is 0.306 e. The molecule has 5 nitrogen and oxygen atoms in total. The van der Waals surface area contributed by atoms with E-state index in [0.717, 1.165) is 11.3 Å². The second-order valence-corrected chi connectivity index (χ2v) is 7.12. The van der Waals surface area contributed by atoms with E-state index >= 15 is 0 Å². The van der Waals surface area contributed by atoms with Crippen LogP contribution in [0, 0.1) is 0 Å². The Kier molecular flexibility index (Phi) is 4.47. The van der Waals surface area contributed by atoms with Crippen molar-refractivity contribution in [2.75, 3.05) is 0 Å². The van der Waals surface area contributed by atoms with E-state index in [1.807, 2.05) is 35.0 Å². The molecule has 1 heterocycles. The Hall–Kier alpha value is -2.15. The number of benzene rings is 2. The summed E-state index contributed by atoms with van der Waals surface area (Å²) in [6.07, 6.45) is 5.25. The van der Waals surface area contributed by atoms with Gasteiger partial charge in [0.2, 0.25) is 10.0 Å². The van der Waals surface area contributed by atoms with Crippen molar-refractivity contribution in [2.45, 2.75) is 11.4 Å². The predicted octanol–water partition coefficient (Wildman–Crippen LogP) is 3.00. The number of aromatic nitrogens is 2. The second kappa shape index (κ2) is 6.54. The molecule has 0 saturated carbocycles. The van der Waals surface area contributed by atoms with Crippen molar-refractivity contribution < 1.29 is 8.42 Å². The Balaban J connectivity index is 1.69. The van der Waals surface area contributed by atoms with E-state index in [1.165, 1.54) is 12.1 Å². The molecule has 1 N–H and O–H groups in total. The minimum atomic E-state index is -3.55. The van der Waals surface area contributed by atoms with Crippen molar-refractivity contribution >= 4 is 21.6 Å². The molecular weight excluding hydrogens is 334 g/mol. The first-order valence-electron chi connectivity index (χ1n) is 6.87. The first kappa shape index (κ1) is 15.7. The van der Waals surface area contributed by atoms with E-state index in [9.17, 15) is 8.42 Å². The highest BCUT2D eigenvalue weighted by Crippen LogP contribution is 2.15. The minimum absolute atomic E-state index is 0.192. The maximum Gasteiger partial charge on any atom is 0.240 e. The summed E-state index contributed by atoms with van der Waals surface area (Å²) in [7, 11) is -3.55. The Labute approximate surface area is 139 Å². The molecule has 0 amide bonds. The first-order chi connectivity index (χ1) is 11.0. The Morgan fingerprint density at radius 2 is 1.74 bits per heavy atom. The number of hydrogen-bond acceptors (Lipinski definition) is 3. The van der Waals surface area contributed by atoms with Gasteiger partial charge in [0.05, 0.1) is 11.2 Å². The molecule has 0 bridgehead atoms. The smallest absolute Gasteiger partial charge is 0.240 e. The highest BCUT2D eigenvalue weighted by Gasteiger charge is 2.13. The molecule has 0 saturated heterocycles. The summed E-state index contributed by atoms with van der Waals surface area (Å²) < 4.78 is 28.9. The standard InChI is InChI=1S/C16H14ClN3O2S/c17-14-3-7-16(8-4-14)23(21,22)19-11-13-1-5-15(6-2-13)20-10-9-18-12-20/h1-10,12,19H,11H2. The van der Waals surface area contributed by atoms with E-state index in [4.69, 9.17) is 11.6 Å². The number of sulfonamides is 1. The molecule has 0 atom stereocenters. The number of nitrogens with one attached hydrogen (secondary N) is 1. The minimum Gasteiger partial charge on any atom is -0.306 e. The molecule has 3 rings (SSSR count). The Morgan fingerprint density at radius 1 is 1.04 bits per heavy atom. The quantitative estimate of drug-likeness (QED) is 0.771. The summed E-state index contributed by atoms with van der Waals surface area (Å²) in [4.78, 5) is 4.18. The SMILES string of the molecule is O=S(=O)(NCc1ccc(-n2ccnc2)cc1)c1ccc(Cl)cc1. The van der Waals surface area contributed by atoms with Gasteiger partial charge in [-0.05, 0) is 42.0 Å². The summed E-state index contributed by atoms with van der Waals surface area (Å²) >= 11 is 5.77. The number of imidazole rings is 1. The highest BCUT2D eigenvalue weighted by molar-refractivity contribution is 7.89. The molecule has 3 aromatic rings. The summed E-state index contributed by atoms with van der Waals surface area (Å²) in [5.41, 5.74) is 1.83. The lowest BCUT2D eigenvalue weighted by Crippen LogP contribution is -2.23. The van der Waals surface area contributed by atoms with Gasteiger partial charge in [-0.1, -0.05) is 23.7 Å². The van der Waals surface area contributed by atoms with Gasteiger partial charge >= 0.3 is 0 Å². The van der Waals surface area contributed by atoms with Gasteiger partial charge in [-0.25, -0.2) is 18.1 Å². The molecule has 0 unspecified atom stereocenters.